The normalized spacial score (nSPS) is 13.7. The van der Waals surface area contributed by atoms with Crippen LogP contribution >= 0.6 is 0 Å². The molecule has 0 aliphatic carbocycles. The van der Waals surface area contributed by atoms with Gasteiger partial charge < -0.3 is 26.0 Å². The molecule has 30 heavy (non-hydrogen) atoms. The molecular formula is C24H26N4O2. The third-order valence-electron chi connectivity index (χ3n) is 5.15. The van der Waals surface area contributed by atoms with Crippen LogP contribution in [0.25, 0.3) is 0 Å². The average Bonchev–Trinajstić information content (AvgIpc) is 2.77. The summed E-state index contributed by atoms with van der Waals surface area (Å²) in [6.07, 6.45) is 0. The maximum absolute atomic E-state index is 12.6. The zero-order chi connectivity index (χ0) is 20.9. The third kappa shape index (κ3) is 4.72. The number of nitrogens with zero attached hydrogens (tertiary/aromatic N) is 1. The molecule has 0 radical (unpaired) electrons. The Balaban J connectivity index is 1.50. The first-order valence-electron chi connectivity index (χ1n) is 10.1. The van der Waals surface area contributed by atoms with Gasteiger partial charge in [-0.05, 0) is 61.0 Å². The fourth-order valence-electron chi connectivity index (χ4n) is 3.48. The molecule has 0 bridgehead atoms. The molecule has 1 aliphatic heterocycles. The highest BCUT2D eigenvalue weighted by atomic mass is 16.5. The summed E-state index contributed by atoms with van der Waals surface area (Å²) in [5.41, 5.74) is 11.7. The number of amides is 1. The van der Waals surface area contributed by atoms with Gasteiger partial charge in [-0.15, -0.1) is 0 Å². The van der Waals surface area contributed by atoms with Crippen LogP contribution in [0.2, 0.25) is 0 Å². The average molecular weight is 402 g/mol. The summed E-state index contributed by atoms with van der Waals surface area (Å²) in [6, 6.07) is 21.2. The first-order chi connectivity index (χ1) is 14.6. The third-order valence-corrected chi connectivity index (χ3v) is 5.15. The van der Waals surface area contributed by atoms with Crippen LogP contribution < -0.4 is 21.3 Å². The van der Waals surface area contributed by atoms with E-state index in [1.54, 1.807) is 24.3 Å². The number of anilines is 5. The minimum atomic E-state index is -0.183. The number of nitrogens with two attached hydrogens (primary N) is 1. The number of aryl methyl sites for hydroxylation is 1. The van der Waals surface area contributed by atoms with Crippen molar-refractivity contribution in [2.75, 3.05) is 47.6 Å². The lowest BCUT2D eigenvalue weighted by atomic mass is 10.1. The molecule has 3 aromatic carbocycles. The molecule has 0 spiro atoms. The van der Waals surface area contributed by atoms with Gasteiger partial charge >= 0.3 is 0 Å². The predicted octanol–water partition coefficient (Wildman–Crippen LogP) is 4.41. The molecule has 6 nitrogen and oxygen atoms in total. The van der Waals surface area contributed by atoms with E-state index in [1.807, 2.05) is 37.3 Å². The molecule has 1 heterocycles. The Labute approximate surface area is 176 Å². The fourth-order valence-corrected chi connectivity index (χ4v) is 3.48. The van der Waals surface area contributed by atoms with Crippen LogP contribution in [0.15, 0.2) is 66.7 Å². The Bertz CT molecular complexity index is 1040. The van der Waals surface area contributed by atoms with Gasteiger partial charge in [-0.1, -0.05) is 18.2 Å². The second kappa shape index (κ2) is 8.88. The van der Waals surface area contributed by atoms with E-state index in [0.29, 0.717) is 11.3 Å². The molecule has 0 aromatic heterocycles. The Morgan fingerprint density at radius 2 is 1.73 bits per heavy atom. The zero-order valence-electron chi connectivity index (χ0n) is 17.0. The fraction of sp³-hybridized carbons (Fsp3) is 0.208. The van der Waals surface area contributed by atoms with Gasteiger partial charge in [0.2, 0.25) is 0 Å². The summed E-state index contributed by atoms with van der Waals surface area (Å²) < 4.78 is 5.44. The van der Waals surface area contributed by atoms with Crippen LogP contribution in [0, 0.1) is 6.92 Å². The number of carbonyl (C=O) groups excluding carboxylic acids is 1. The second-order valence-electron chi connectivity index (χ2n) is 7.38. The van der Waals surface area contributed by atoms with Crippen molar-refractivity contribution in [2.45, 2.75) is 6.92 Å². The Kier molecular flexibility index (Phi) is 5.86. The maximum Gasteiger partial charge on any atom is 0.255 e. The predicted molar refractivity (Wildman–Crippen MR) is 123 cm³/mol. The van der Waals surface area contributed by atoms with Crippen molar-refractivity contribution in [3.63, 3.8) is 0 Å². The Morgan fingerprint density at radius 1 is 0.967 bits per heavy atom. The van der Waals surface area contributed by atoms with E-state index in [9.17, 15) is 4.79 Å². The van der Waals surface area contributed by atoms with E-state index in [4.69, 9.17) is 10.5 Å². The number of hydrogen-bond acceptors (Lipinski definition) is 5. The molecule has 1 aliphatic rings. The van der Waals surface area contributed by atoms with Crippen molar-refractivity contribution in [1.82, 2.24) is 0 Å². The van der Waals surface area contributed by atoms with Gasteiger partial charge in [0.15, 0.2) is 0 Å². The summed E-state index contributed by atoms with van der Waals surface area (Å²) >= 11 is 0. The lowest BCUT2D eigenvalue weighted by Crippen LogP contribution is -2.36. The van der Waals surface area contributed by atoms with Gasteiger partial charge in [0.25, 0.3) is 5.91 Å². The molecule has 4 rings (SSSR count). The minimum Gasteiger partial charge on any atom is -0.399 e. The molecule has 0 saturated carbocycles. The molecular weight excluding hydrogens is 376 g/mol. The van der Waals surface area contributed by atoms with Crippen molar-refractivity contribution in [1.29, 1.82) is 0 Å². The monoisotopic (exact) mass is 402 g/mol. The smallest absolute Gasteiger partial charge is 0.255 e. The summed E-state index contributed by atoms with van der Waals surface area (Å²) in [5, 5.41) is 6.43. The van der Waals surface area contributed by atoms with Crippen molar-refractivity contribution in [2.24, 2.45) is 0 Å². The van der Waals surface area contributed by atoms with E-state index in [2.05, 4.69) is 27.7 Å². The maximum atomic E-state index is 12.6. The van der Waals surface area contributed by atoms with Gasteiger partial charge in [0, 0.05) is 47.1 Å². The van der Waals surface area contributed by atoms with Gasteiger partial charge in [-0.3, -0.25) is 4.79 Å². The Hall–Kier alpha value is -3.51. The van der Waals surface area contributed by atoms with E-state index < -0.39 is 0 Å². The standard InChI is InChI=1S/C24H26N4O2/c1-17-8-9-21(16-23(17)27-24(29)18-4-2-5-19(25)14-18)26-20-6-3-7-22(15-20)28-10-12-30-13-11-28/h2-9,14-16,26H,10-13,25H2,1H3,(H,27,29). The van der Waals surface area contributed by atoms with Gasteiger partial charge in [-0.2, -0.15) is 0 Å². The number of hydrogen-bond donors (Lipinski definition) is 3. The van der Waals surface area contributed by atoms with Crippen molar-refractivity contribution >= 4 is 34.3 Å². The molecule has 0 atom stereocenters. The topological polar surface area (TPSA) is 79.6 Å². The van der Waals surface area contributed by atoms with Crippen LogP contribution in [0.1, 0.15) is 15.9 Å². The zero-order valence-corrected chi connectivity index (χ0v) is 17.0. The number of carbonyl (C=O) groups is 1. The van der Waals surface area contributed by atoms with Gasteiger partial charge in [0.05, 0.1) is 13.2 Å². The van der Waals surface area contributed by atoms with E-state index in [-0.39, 0.29) is 5.91 Å². The quantitative estimate of drug-likeness (QED) is 0.551. The van der Waals surface area contributed by atoms with Gasteiger partial charge in [-0.25, -0.2) is 0 Å². The lowest BCUT2D eigenvalue weighted by Gasteiger charge is -2.29. The molecule has 1 fully saturated rings. The summed E-state index contributed by atoms with van der Waals surface area (Å²) in [5.74, 6) is -0.183. The second-order valence-corrected chi connectivity index (χ2v) is 7.38. The largest absolute Gasteiger partial charge is 0.399 e. The van der Waals surface area contributed by atoms with Crippen LogP contribution in [0.3, 0.4) is 0 Å². The van der Waals surface area contributed by atoms with Crippen molar-refractivity contribution < 1.29 is 9.53 Å². The molecule has 1 amide bonds. The van der Waals surface area contributed by atoms with Crippen molar-refractivity contribution in [3.8, 4) is 0 Å². The summed E-state index contributed by atoms with van der Waals surface area (Å²) in [7, 11) is 0. The molecule has 3 aromatic rings. The van der Waals surface area contributed by atoms with Crippen LogP contribution in [0.4, 0.5) is 28.4 Å². The highest BCUT2D eigenvalue weighted by Gasteiger charge is 2.12. The molecule has 0 unspecified atom stereocenters. The van der Waals surface area contributed by atoms with E-state index >= 15 is 0 Å². The number of benzene rings is 3. The number of ether oxygens (including phenoxy) is 1. The molecule has 1 saturated heterocycles. The highest BCUT2D eigenvalue weighted by Crippen LogP contribution is 2.27. The number of rotatable bonds is 5. The van der Waals surface area contributed by atoms with Crippen molar-refractivity contribution in [3.05, 3.63) is 77.9 Å². The minimum absolute atomic E-state index is 0.183. The highest BCUT2D eigenvalue weighted by molar-refractivity contribution is 6.05. The summed E-state index contributed by atoms with van der Waals surface area (Å²) in [6.45, 7) is 5.28. The van der Waals surface area contributed by atoms with Crippen LogP contribution in [-0.4, -0.2) is 32.2 Å². The van der Waals surface area contributed by atoms with E-state index in [0.717, 1.165) is 48.9 Å². The lowest BCUT2D eigenvalue weighted by molar-refractivity contribution is 0.102. The molecule has 4 N–H and O–H groups in total. The molecule has 154 valence electrons. The molecule has 6 heteroatoms. The SMILES string of the molecule is Cc1ccc(Nc2cccc(N3CCOCC3)c2)cc1NC(=O)c1cccc(N)c1. The summed E-state index contributed by atoms with van der Waals surface area (Å²) in [4.78, 5) is 14.9. The van der Waals surface area contributed by atoms with Crippen LogP contribution in [0.5, 0.6) is 0 Å². The number of morpholine rings is 1. The van der Waals surface area contributed by atoms with Crippen LogP contribution in [-0.2, 0) is 4.74 Å². The van der Waals surface area contributed by atoms with E-state index in [1.165, 1.54) is 5.69 Å². The number of nitrogen functional groups attached to an aromatic ring is 1. The van der Waals surface area contributed by atoms with Gasteiger partial charge in [0.1, 0.15) is 0 Å². The number of nitrogens with one attached hydrogen (secondary N) is 2. The first-order valence-corrected chi connectivity index (χ1v) is 10.1. The Morgan fingerprint density at radius 3 is 2.53 bits per heavy atom. The first kappa shape index (κ1) is 19.8.